The van der Waals surface area contributed by atoms with Gasteiger partial charge in [0.15, 0.2) is 0 Å². The fourth-order valence-corrected chi connectivity index (χ4v) is 10.3. The van der Waals surface area contributed by atoms with Crippen LogP contribution < -0.4 is 9.64 Å². The van der Waals surface area contributed by atoms with E-state index in [2.05, 4.69) is 20.1 Å². The number of carbonyl (C=O) groups is 3. The number of ether oxygens (including phenoxy) is 1. The van der Waals surface area contributed by atoms with Crippen LogP contribution in [-0.4, -0.2) is 87.1 Å². The number of amides is 3. The molecule has 1 spiro atoms. The molecule has 8 nitrogen and oxygen atoms in total. The molecular weight excluding hydrogens is 611 g/mol. The van der Waals surface area contributed by atoms with Crippen LogP contribution in [0.1, 0.15) is 52.0 Å². The Balaban J connectivity index is 1.57. The lowest BCUT2D eigenvalue weighted by atomic mass is 9.70. The average molecular weight is 660 g/mol. The van der Waals surface area contributed by atoms with Crippen LogP contribution in [0.25, 0.3) is 0 Å². The maximum atomic E-state index is 14.9. The van der Waals surface area contributed by atoms with E-state index in [0.29, 0.717) is 31.7 Å². The first-order chi connectivity index (χ1) is 22.8. The summed E-state index contributed by atoms with van der Waals surface area (Å²) in [4.78, 5) is 49.7. The third-order valence-corrected chi connectivity index (χ3v) is 12.0. The number of carbonyl (C=O) groups excluding carboxylic acids is 3. The lowest BCUT2D eigenvalue weighted by Gasteiger charge is -2.41. The molecule has 0 aliphatic carbocycles. The molecule has 2 aromatic carbocycles. The van der Waals surface area contributed by atoms with E-state index in [1.807, 2.05) is 73.3 Å². The summed E-state index contributed by atoms with van der Waals surface area (Å²) >= 11 is 1.65. The van der Waals surface area contributed by atoms with Crippen molar-refractivity contribution in [3.05, 3.63) is 85.5 Å². The van der Waals surface area contributed by atoms with Crippen molar-refractivity contribution < 1.29 is 24.2 Å². The lowest BCUT2D eigenvalue weighted by molar-refractivity contribution is -0.146. The van der Waals surface area contributed by atoms with E-state index in [1.165, 1.54) is 0 Å². The Bertz CT molecular complexity index is 1430. The molecule has 3 heterocycles. The maximum absolute atomic E-state index is 14.9. The highest BCUT2D eigenvalue weighted by atomic mass is 32.2. The number of likely N-dealkylation sites (tertiary alicyclic amines) is 1. The van der Waals surface area contributed by atoms with Crippen molar-refractivity contribution >= 4 is 35.2 Å². The second kappa shape index (κ2) is 15.1. The lowest BCUT2D eigenvalue weighted by Crippen LogP contribution is -2.59. The first-order valence-electron chi connectivity index (χ1n) is 17.0. The molecule has 252 valence electrons. The minimum atomic E-state index is -0.800. The largest absolute Gasteiger partial charge is 0.494 e. The van der Waals surface area contributed by atoms with Gasteiger partial charge in [-0.25, -0.2) is 0 Å². The molecule has 3 aliphatic heterocycles. The molecule has 3 saturated heterocycles. The molecule has 0 radical (unpaired) electrons. The monoisotopic (exact) mass is 659 g/mol. The summed E-state index contributed by atoms with van der Waals surface area (Å²) < 4.78 is 4.85. The molecule has 1 N–H and O–H groups in total. The van der Waals surface area contributed by atoms with Gasteiger partial charge >= 0.3 is 0 Å². The second-order valence-electron chi connectivity index (χ2n) is 12.9. The zero-order chi connectivity index (χ0) is 33.7. The van der Waals surface area contributed by atoms with Gasteiger partial charge in [-0.1, -0.05) is 55.8 Å². The Labute approximate surface area is 283 Å². The summed E-state index contributed by atoms with van der Waals surface area (Å²) in [5.74, 6) is -1.04. The highest BCUT2D eigenvalue weighted by Crippen LogP contribution is 2.67. The first kappa shape index (κ1) is 34.8. The van der Waals surface area contributed by atoms with Crippen LogP contribution in [0.4, 0.5) is 5.69 Å². The molecule has 3 unspecified atom stereocenters. The molecule has 5 rings (SSSR count). The molecule has 3 fully saturated rings. The summed E-state index contributed by atoms with van der Waals surface area (Å²) in [7, 11) is 0. The molecule has 3 aliphatic rings. The van der Waals surface area contributed by atoms with Crippen LogP contribution in [0, 0.1) is 11.8 Å². The summed E-state index contributed by atoms with van der Waals surface area (Å²) in [6.07, 6.45) is 6.97. The van der Waals surface area contributed by atoms with E-state index in [9.17, 15) is 19.5 Å². The zero-order valence-corrected chi connectivity index (χ0v) is 28.7. The van der Waals surface area contributed by atoms with Gasteiger partial charge in [-0.05, 0) is 69.4 Å². The van der Waals surface area contributed by atoms with Crippen molar-refractivity contribution in [1.29, 1.82) is 0 Å². The fourth-order valence-electron chi connectivity index (χ4n) is 8.06. The van der Waals surface area contributed by atoms with Crippen LogP contribution in [-0.2, 0) is 20.8 Å². The highest BCUT2D eigenvalue weighted by Gasteiger charge is 2.74. The molecule has 7 atom stereocenters. The normalized spacial score (nSPS) is 25.6. The minimum Gasteiger partial charge on any atom is -0.494 e. The summed E-state index contributed by atoms with van der Waals surface area (Å²) in [6.45, 7) is 14.8. The van der Waals surface area contributed by atoms with Crippen LogP contribution in [0.5, 0.6) is 5.75 Å². The molecule has 0 saturated carbocycles. The van der Waals surface area contributed by atoms with Crippen molar-refractivity contribution in [2.24, 2.45) is 11.8 Å². The number of rotatable bonds is 16. The van der Waals surface area contributed by atoms with Crippen molar-refractivity contribution in [2.75, 3.05) is 31.2 Å². The third kappa shape index (κ3) is 6.49. The van der Waals surface area contributed by atoms with Crippen LogP contribution in [0.15, 0.2) is 79.9 Å². The minimum absolute atomic E-state index is 0.0524. The average Bonchev–Trinajstić information content (AvgIpc) is 3.73. The topological polar surface area (TPSA) is 90.4 Å². The number of hydrogen-bond donors (Lipinski definition) is 1. The Morgan fingerprint density at radius 3 is 2.40 bits per heavy atom. The van der Waals surface area contributed by atoms with Crippen LogP contribution in [0.2, 0.25) is 0 Å². The summed E-state index contributed by atoms with van der Waals surface area (Å²) in [6, 6.07) is 15.7. The summed E-state index contributed by atoms with van der Waals surface area (Å²) in [5.41, 5.74) is 1.68. The number of aliphatic hydroxyl groups excluding tert-OH is 1. The van der Waals surface area contributed by atoms with Crippen molar-refractivity contribution in [3.8, 4) is 5.75 Å². The molecule has 9 heteroatoms. The van der Waals surface area contributed by atoms with Crippen molar-refractivity contribution in [2.45, 2.75) is 81.0 Å². The van der Waals surface area contributed by atoms with E-state index >= 15 is 0 Å². The fraction of sp³-hybridized carbons (Fsp3) is 0.500. The number of nitrogens with zero attached hydrogens (tertiary/aromatic N) is 3. The zero-order valence-electron chi connectivity index (χ0n) is 27.9. The van der Waals surface area contributed by atoms with E-state index < -0.39 is 28.7 Å². The SMILES string of the molecule is C=CCN(C(=O)[C@@H]1[C@@H]2CCC3(S2)C(C(=O)N(CC=C)C(C)CCC)N([C@@H](CO)Cc2ccccc2)C(=O)[C@H]13)c1ccc(OCC)cc1. The number of fused-ring (bicyclic) bond motifs is 1. The number of anilines is 1. The Kier molecular flexibility index (Phi) is 11.2. The van der Waals surface area contributed by atoms with E-state index in [1.54, 1.807) is 33.7 Å². The quantitative estimate of drug-likeness (QED) is 0.240. The smallest absolute Gasteiger partial charge is 0.247 e. The van der Waals surface area contributed by atoms with Gasteiger partial charge in [-0.15, -0.1) is 24.9 Å². The van der Waals surface area contributed by atoms with E-state index in [-0.39, 0.29) is 42.2 Å². The van der Waals surface area contributed by atoms with Crippen molar-refractivity contribution in [1.82, 2.24) is 9.80 Å². The van der Waals surface area contributed by atoms with Crippen molar-refractivity contribution in [3.63, 3.8) is 0 Å². The van der Waals surface area contributed by atoms with Gasteiger partial charge in [0.25, 0.3) is 0 Å². The predicted molar refractivity (Wildman–Crippen MR) is 188 cm³/mol. The molecule has 2 aromatic rings. The standard InChI is InChI=1S/C38H49N3O5S/c1-6-13-26(5)39(22-7-2)37(45)34-38-21-20-31(47-38)32(35(43)40(23-8-3)28-16-18-30(19-17-28)46-9-4)33(38)36(44)41(34)29(25-42)24-27-14-11-10-12-15-27/h7-8,10-12,14-19,26,29,31-34,42H,2-3,6,9,13,20-25H2,1,4-5H3/t26?,29-,31+,32-,33+,34?,38?/m1/s1. The molecule has 47 heavy (non-hydrogen) atoms. The van der Waals surface area contributed by atoms with Gasteiger partial charge in [-0.3, -0.25) is 14.4 Å². The van der Waals surface area contributed by atoms with Gasteiger partial charge < -0.3 is 24.5 Å². The highest BCUT2D eigenvalue weighted by molar-refractivity contribution is 8.02. The number of thioether (sulfide) groups is 1. The second-order valence-corrected chi connectivity index (χ2v) is 14.5. The number of aliphatic hydroxyl groups is 1. The van der Waals surface area contributed by atoms with Crippen LogP contribution >= 0.6 is 11.8 Å². The first-order valence-corrected chi connectivity index (χ1v) is 17.8. The molecule has 0 aromatic heterocycles. The summed E-state index contributed by atoms with van der Waals surface area (Å²) in [5, 5.41) is 10.7. The molecule has 2 bridgehead atoms. The van der Waals surface area contributed by atoms with Gasteiger partial charge in [0.1, 0.15) is 11.8 Å². The van der Waals surface area contributed by atoms with Crippen LogP contribution in [0.3, 0.4) is 0 Å². The molecule has 3 amide bonds. The Morgan fingerprint density at radius 2 is 1.79 bits per heavy atom. The Morgan fingerprint density at radius 1 is 1.09 bits per heavy atom. The number of hydrogen-bond acceptors (Lipinski definition) is 6. The van der Waals surface area contributed by atoms with Gasteiger partial charge in [0.05, 0.1) is 35.8 Å². The van der Waals surface area contributed by atoms with Gasteiger partial charge in [0.2, 0.25) is 17.7 Å². The maximum Gasteiger partial charge on any atom is 0.247 e. The third-order valence-electron chi connectivity index (χ3n) is 10.1. The van der Waals surface area contributed by atoms with E-state index in [0.717, 1.165) is 30.6 Å². The van der Waals surface area contributed by atoms with E-state index in [4.69, 9.17) is 4.74 Å². The predicted octanol–water partition coefficient (Wildman–Crippen LogP) is 5.50. The molecular formula is C38H49N3O5S. The van der Waals surface area contributed by atoms with Gasteiger partial charge in [0, 0.05) is 30.1 Å². The van der Waals surface area contributed by atoms with Gasteiger partial charge in [-0.2, -0.15) is 0 Å². The Hall–Kier alpha value is -3.56. The number of benzene rings is 2.